The van der Waals surface area contributed by atoms with E-state index in [2.05, 4.69) is 19.9 Å². The SMILES string of the molecule is CC1=CC=C(c2ccccc2)C(Cl)(Cl)C1C.O=P(O)(O)O. The van der Waals surface area contributed by atoms with Gasteiger partial charge in [0.05, 0.1) is 0 Å². The van der Waals surface area contributed by atoms with Crippen molar-refractivity contribution in [3.05, 3.63) is 53.6 Å². The maximum atomic E-state index is 8.88. The van der Waals surface area contributed by atoms with E-state index in [0.717, 1.165) is 11.1 Å². The van der Waals surface area contributed by atoms with Crippen molar-refractivity contribution in [2.24, 2.45) is 5.92 Å². The van der Waals surface area contributed by atoms with Crippen LogP contribution in [0.15, 0.2) is 48.1 Å². The summed E-state index contributed by atoms with van der Waals surface area (Å²) in [5.74, 6) is 0.135. The van der Waals surface area contributed by atoms with Crippen molar-refractivity contribution in [3.8, 4) is 0 Å². The van der Waals surface area contributed by atoms with Gasteiger partial charge in [-0.25, -0.2) is 4.57 Å². The lowest BCUT2D eigenvalue weighted by Gasteiger charge is -2.33. The molecule has 0 aromatic heterocycles. The normalized spacial score (nSPS) is 20.8. The van der Waals surface area contributed by atoms with Crippen LogP contribution in [-0.2, 0) is 4.57 Å². The lowest BCUT2D eigenvalue weighted by molar-refractivity contribution is 0.275. The molecule has 0 heterocycles. The number of alkyl halides is 2. The van der Waals surface area contributed by atoms with E-state index in [1.54, 1.807) is 0 Å². The molecule has 0 fully saturated rings. The van der Waals surface area contributed by atoms with Crippen LogP contribution >= 0.6 is 31.0 Å². The Labute approximate surface area is 134 Å². The van der Waals surface area contributed by atoms with Crippen LogP contribution in [0.25, 0.3) is 5.57 Å². The van der Waals surface area contributed by atoms with Crippen molar-refractivity contribution in [1.29, 1.82) is 0 Å². The first-order chi connectivity index (χ1) is 9.53. The molecule has 1 aliphatic carbocycles. The number of hydrogen-bond acceptors (Lipinski definition) is 1. The van der Waals surface area contributed by atoms with E-state index < -0.39 is 12.2 Å². The Balaban J connectivity index is 0.000000383. The molecule has 21 heavy (non-hydrogen) atoms. The number of allylic oxidation sites excluding steroid dienone is 4. The number of hydrogen-bond donors (Lipinski definition) is 3. The fourth-order valence-corrected chi connectivity index (χ4v) is 2.58. The summed E-state index contributed by atoms with van der Waals surface area (Å²) >= 11 is 12.9. The van der Waals surface area contributed by atoms with Crippen LogP contribution in [0.1, 0.15) is 19.4 Å². The fraction of sp³-hybridized carbons (Fsp3) is 0.286. The summed E-state index contributed by atoms with van der Waals surface area (Å²) in [6, 6.07) is 10.0. The van der Waals surface area contributed by atoms with Crippen molar-refractivity contribution in [1.82, 2.24) is 0 Å². The van der Waals surface area contributed by atoms with Gasteiger partial charge >= 0.3 is 7.82 Å². The molecule has 116 valence electrons. The van der Waals surface area contributed by atoms with Crippen molar-refractivity contribution >= 4 is 36.6 Å². The van der Waals surface area contributed by atoms with Crippen LogP contribution in [0.2, 0.25) is 0 Å². The van der Waals surface area contributed by atoms with Gasteiger partial charge in [0.25, 0.3) is 0 Å². The summed E-state index contributed by atoms with van der Waals surface area (Å²) in [7, 11) is -4.64. The van der Waals surface area contributed by atoms with Crippen LogP contribution in [0.5, 0.6) is 0 Å². The molecule has 7 heteroatoms. The molecule has 1 atom stereocenters. The minimum Gasteiger partial charge on any atom is -0.303 e. The third kappa shape index (κ3) is 5.59. The quantitative estimate of drug-likeness (QED) is 0.530. The van der Waals surface area contributed by atoms with Crippen molar-refractivity contribution in [2.75, 3.05) is 0 Å². The summed E-state index contributed by atoms with van der Waals surface area (Å²) in [5.41, 5.74) is 3.28. The predicted molar refractivity (Wildman–Crippen MR) is 86.0 cm³/mol. The van der Waals surface area contributed by atoms with E-state index in [0.29, 0.717) is 0 Å². The van der Waals surface area contributed by atoms with E-state index in [1.165, 1.54) is 5.57 Å². The minimum absolute atomic E-state index is 0.135. The first kappa shape index (κ1) is 18.4. The summed E-state index contributed by atoms with van der Waals surface area (Å²) in [4.78, 5) is 21.6. The summed E-state index contributed by atoms with van der Waals surface area (Å²) < 4.78 is 8.05. The molecule has 0 aliphatic heterocycles. The third-order valence-corrected chi connectivity index (χ3v) is 4.25. The summed E-state index contributed by atoms with van der Waals surface area (Å²) in [6.45, 7) is 4.12. The fourth-order valence-electron chi connectivity index (χ4n) is 1.90. The molecule has 1 aromatic carbocycles. The van der Waals surface area contributed by atoms with E-state index in [-0.39, 0.29) is 5.92 Å². The first-order valence-electron chi connectivity index (χ1n) is 6.14. The van der Waals surface area contributed by atoms with Gasteiger partial charge in [0.1, 0.15) is 4.33 Å². The lowest BCUT2D eigenvalue weighted by Crippen LogP contribution is -2.28. The topological polar surface area (TPSA) is 77.8 Å². The molecule has 0 bridgehead atoms. The standard InChI is InChI=1S/C14H14Cl2.H3O4P/c1-10-8-9-13(14(15,16)11(10)2)12-6-4-3-5-7-12;1-5(2,3)4/h3-9,11H,1-2H3;(H3,1,2,3,4). The third-order valence-electron chi connectivity index (χ3n) is 3.18. The lowest BCUT2D eigenvalue weighted by atomic mass is 9.85. The van der Waals surface area contributed by atoms with Crippen LogP contribution in [0, 0.1) is 5.92 Å². The highest BCUT2D eigenvalue weighted by Gasteiger charge is 2.38. The van der Waals surface area contributed by atoms with Crippen LogP contribution < -0.4 is 0 Å². The van der Waals surface area contributed by atoms with E-state index in [9.17, 15) is 0 Å². The highest BCUT2D eigenvalue weighted by Crippen LogP contribution is 2.47. The highest BCUT2D eigenvalue weighted by atomic mass is 35.5. The second-order valence-electron chi connectivity index (χ2n) is 4.71. The Morgan fingerprint density at radius 1 is 1.10 bits per heavy atom. The summed E-state index contributed by atoms with van der Waals surface area (Å²) in [5, 5.41) is 0. The second kappa shape index (κ2) is 7.10. The Kier molecular flexibility index (Phi) is 6.23. The Bertz CT molecular complexity index is 582. The average Bonchev–Trinajstić information content (AvgIpc) is 2.35. The number of phosphoric acid groups is 1. The van der Waals surface area contributed by atoms with Gasteiger partial charge < -0.3 is 14.7 Å². The molecule has 0 amide bonds. The van der Waals surface area contributed by atoms with Crippen molar-refractivity contribution in [3.63, 3.8) is 0 Å². The largest absolute Gasteiger partial charge is 0.466 e. The van der Waals surface area contributed by atoms with Gasteiger partial charge in [0.2, 0.25) is 0 Å². The molecule has 2 rings (SSSR count). The van der Waals surface area contributed by atoms with Crippen molar-refractivity contribution < 1.29 is 19.2 Å². The molecule has 1 aromatic rings. The number of benzene rings is 1. The Morgan fingerprint density at radius 2 is 1.57 bits per heavy atom. The van der Waals surface area contributed by atoms with E-state index in [4.69, 9.17) is 42.4 Å². The van der Waals surface area contributed by atoms with Gasteiger partial charge in [-0.05, 0) is 18.1 Å². The van der Waals surface area contributed by atoms with Crippen LogP contribution in [-0.4, -0.2) is 19.0 Å². The Morgan fingerprint density at radius 3 is 2.05 bits per heavy atom. The smallest absolute Gasteiger partial charge is 0.303 e. The number of rotatable bonds is 1. The molecule has 1 unspecified atom stereocenters. The molecule has 0 saturated carbocycles. The molecule has 0 radical (unpaired) electrons. The molecular formula is C14H17Cl2O4P. The van der Waals surface area contributed by atoms with Gasteiger partial charge in [-0.3, -0.25) is 0 Å². The van der Waals surface area contributed by atoms with Gasteiger partial charge in [0, 0.05) is 5.92 Å². The van der Waals surface area contributed by atoms with Crippen molar-refractivity contribution in [2.45, 2.75) is 18.2 Å². The molecule has 0 spiro atoms. The van der Waals surface area contributed by atoms with Gasteiger partial charge in [-0.1, -0.05) is 78.2 Å². The maximum absolute atomic E-state index is 8.88. The highest BCUT2D eigenvalue weighted by molar-refractivity contribution is 7.45. The monoisotopic (exact) mass is 350 g/mol. The average molecular weight is 351 g/mol. The first-order valence-corrected chi connectivity index (χ1v) is 8.46. The van der Waals surface area contributed by atoms with E-state index in [1.807, 2.05) is 36.4 Å². The zero-order chi connectivity index (χ0) is 16.3. The molecule has 1 aliphatic rings. The number of halogens is 2. The molecular weight excluding hydrogens is 334 g/mol. The van der Waals surface area contributed by atoms with Gasteiger partial charge in [0.15, 0.2) is 0 Å². The Hall–Kier alpha value is -0.610. The molecule has 4 nitrogen and oxygen atoms in total. The van der Waals surface area contributed by atoms with E-state index >= 15 is 0 Å². The van der Waals surface area contributed by atoms with Gasteiger partial charge in [-0.15, -0.1) is 0 Å². The summed E-state index contributed by atoms with van der Waals surface area (Å²) in [6.07, 6.45) is 4.11. The predicted octanol–water partition coefficient (Wildman–Crippen LogP) is 3.91. The van der Waals surface area contributed by atoms with Crippen LogP contribution in [0.4, 0.5) is 0 Å². The maximum Gasteiger partial charge on any atom is 0.466 e. The molecule has 0 saturated heterocycles. The van der Waals surface area contributed by atoms with Crippen LogP contribution in [0.3, 0.4) is 0 Å². The van der Waals surface area contributed by atoms with Gasteiger partial charge in [-0.2, -0.15) is 0 Å². The second-order valence-corrected chi connectivity index (χ2v) is 7.13. The zero-order valence-corrected chi connectivity index (χ0v) is 14.0. The zero-order valence-electron chi connectivity index (χ0n) is 11.6. The molecule has 3 N–H and O–H groups in total. The minimum atomic E-state index is -4.64.